The van der Waals surface area contributed by atoms with Crippen LogP contribution in [0.2, 0.25) is 5.02 Å². The smallest absolute Gasteiger partial charge is 0.211 e. The van der Waals surface area contributed by atoms with Crippen LogP contribution in [0.1, 0.15) is 48.4 Å². The van der Waals surface area contributed by atoms with Gasteiger partial charge >= 0.3 is 0 Å². The molecule has 1 fully saturated rings. The Morgan fingerprint density at radius 3 is 2.76 bits per heavy atom. The van der Waals surface area contributed by atoms with E-state index < -0.39 is 10.0 Å². The molecule has 0 radical (unpaired) electrons. The zero-order valence-corrected chi connectivity index (χ0v) is 20.7. The van der Waals surface area contributed by atoms with E-state index in [1.54, 1.807) is 4.31 Å². The number of aromatic amines is 2. The number of fused-ring (bicyclic) bond motifs is 1. The van der Waals surface area contributed by atoms with Crippen LogP contribution in [-0.4, -0.2) is 48.5 Å². The van der Waals surface area contributed by atoms with Crippen LogP contribution in [0.5, 0.6) is 0 Å². The Balaban J connectivity index is 1.57. The largest absolute Gasteiger partial charge is 0.306 e. The van der Waals surface area contributed by atoms with Gasteiger partial charge in [-0.1, -0.05) is 42.0 Å². The first-order valence-electron chi connectivity index (χ1n) is 11.7. The molecule has 1 unspecified atom stereocenters. The first-order valence-corrected chi connectivity index (χ1v) is 13.9. The molecule has 5 rings (SSSR count). The first-order chi connectivity index (χ1) is 16.4. The molecule has 1 aliphatic carbocycles. The van der Waals surface area contributed by atoms with Crippen molar-refractivity contribution in [1.82, 2.24) is 14.5 Å². The Hall–Kier alpha value is -2.61. The van der Waals surface area contributed by atoms with Crippen molar-refractivity contribution in [2.45, 2.75) is 31.6 Å². The molecule has 0 saturated carbocycles. The van der Waals surface area contributed by atoms with Gasteiger partial charge in [0.25, 0.3) is 0 Å². The van der Waals surface area contributed by atoms with Crippen LogP contribution < -0.4 is 0 Å². The fourth-order valence-electron chi connectivity index (χ4n) is 5.18. The van der Waals surface area contributed by atoms with Crippen LogP contribution >= 0.6 is 11.6 Å². The lowest BCUT2D eigenvalue weighted by molar-refractivity contribution is 0.255. The lowest BCUT2D eigenvalue weighted by atomic mass is 9.76. The summed E-state index contributed by atoms with van der Waals surface area (Å²) in [5.41, 5.74) is 6.83. The highest BCUT2D eigenvalue weighted by atomic mass is 35.5. The molecule has 0 amide bonds. The quantitative estimate of drug-likeness (QED) is 0.570. The predicted octanol–water partition coefficient (Wildman–Crippen LogP) is 5.54. The number of sulfonamides is 1. The lowest BCUT2D eigenvalue weighted by Crippen LogP contribution is -2.39. The fourth-order valence-corrected chi connectivity index (χ4v) is 6.24. The van der Waals surface area contributed by atoms with Gasteiger partial charge in [0, 0.05) is 42.9 Å². The maximum Gasteiger partial charge on any atom is 0.211 e. The van der Waals surface area contributed by atoms with Gasteiger partial charge in [0.15, 0.2) is 0 Å². The lowest BCUT2D eigenvalue weighted by Gasteiger charge is -2.36. The highest BCUT2D eigenvalue weighted by Crippen LogP contribution is 2.46. The van der Waals surface area contributed by atoms with Crippen LogP contribution in [-0.2, 0) is 10.0 Å². The molecule has 178 valence electrons. The summed E-state index contributed by atoms with van der Waals surface area (Å²) < 4.78 is 25.8. The summed E-state index contributed by atoms with van der Waals surface area (Å²) in [6, 6.07) is 6.12. The molecule has 0 bridgehead atoms. The summed E-state index contributed by atoms with van der Waals surface area (Å²) in [5.74, 6) is 0.381. The number of hydrogen-bond donors (Lipinski definition) is 2. The van der Waals surface area contributed by atoms with Gasteiger partial charge in [0.2, 0.25) is 10.0 Å². The third-order valence-electron chi connectivity index (χ3n) is 6.90. The molecule has 1 atom stereocenters. The minimum atomic E-state index is -3.18. The summed E-state index contributed by atoms with van der Waals surface area (Å²) in [4.78, 5) is 5.00. The number of aliphatic imine (C=N–C) groups is 1. The maximum absolute atomic E-state index is 12.1. The van der Waals surface area contributed by atoms with Crippen molar-refractivity contribution < 1.29 is 8.42 Å². The summed E-state index contributed by atoms with van der Waals surface area (Å²) in [6.07, 6.45) is 19.2. The molecule has 1 saturated heterocycles. The summed E-state index contributed by atoms with van der Waals surface area (Å²) in [6.45, 7) is 1.09. The Bertz CT molecular complexity index is 1310. The maximum atomic E-state index is 12.1. The second kappa shape index (κ2) is 9.56. The van der Waals surface area contributed by atoms with Crippen molar-refractivity contribution in [2.24, 2.45) is 10.9 Å². The number of nitrogens with zero attached hydrogens (tertiary/aromatic N) is 2. The van der Waals surface area contributed by atoms with E-state index in [9.17, 15) is 8.42 Å². The molecule has 2 N–H and O–H groups in total. The molecule has 0 spiro atoms. The van der Waals surface area contributed by atoms with E-state index in [-0.39, 0.29) is 5.92 Å². The second-order valence-electron chi connectivity index (χ2n) is 9.14. The number of hydrogen-bond acceptors (Lipinski definition) is 3. The van der Waals surface area contributed by atoms with Gasteiger partial charge in [-0.25, -0.2) is 12.7 Å². The van der Waals surface area contributed by atoms with E-state index in [4.69, 9.17) is 16.6 Å². The molecule has 1 aromatic heterocycles. The average Bonchev–Trinajstić information content (AvgIpc) is 3.07. The zero-order valence-electron chi connectivity index (χ0n) is 19.2. The Morgan fingerprint density at radius 2 is 2.06 bits per heavy atom. The van der Waals surface area contributed by atoms with E-state index >= 15 is 0 Å². The van der Waals surface area contributed by atoms with Gasteiger partial charge in [0.1, 0.15) is 0 Å². The Labute approximate surface area is 205 Å². The Morgan fingerprint density at radius 1 is 1.26 bits per heavy atom. The molecule has 8 heteroatoms. The van der Waals surface area contributed by atoms with Crippen LogP contribution in [0.4, 0.5) is 0 Å². The standard InChI is InChI=1S/C26H29ClN4O2S/c1-34(32,33)31-13-10-18(11-14-31)25-23-9-8-21(27)16-20(23)15-19(5-4-6-22-17-29-30-22)24-7-2-3-12-28-26(24)25/h2,4,6-9,12,15-18,25,29-30H,3,5,10-11,13-14H2,1H3/b6-4+. The summed E-state index contributed by atoms with van der Waals surface area (Å²) in [5, 5.41) is 6.66. The van der Waals surface area contributed by atoms with E-state index in [0.29, 0.717) is 24.0 Å². The van der Waals surface area contributed by atoms with Crippen molar-refractivity contribution in [2.75, 3.05) is 19.3 Å². The van der Waals surface area contributed by atoms with Gasteiger partial charge < -0.3 is 5.10 Å². The van der Waals surface area contributed by atoms with Gasteiger partial charge in [-0.2, -0.15) is 0 Å². The summed E-state index contributed by atoms with van der Waals surface area (Å²) >= 11 is 6.44. The van der Waals surface area contributed by atoms with Gasteiger partial charge in [-0.05, 0) is 65.7 Å². The molecule has 6 nitrogen and oxygen atoms in total. The van der Waals surface area contributed by atoms with Crippen molar-refractivity contribution in [3.63, 3.8) is 0 Å². The van der Waals surface area contributed by atoms with Crippen molar-refractivity contribution in [3.8, 4) is 0 Å². The van der Waals surface area contributed by atoms with Crippen molar-refractivity contribution >= 4 is 40.0 Å². The number of piperidine rings is 1. The molecule has 34 heavy (non-hydrogen) atoms. The third kappa shape index (κ3) is 4.78. The molecule has 1 aromatic carbocycles. The van der Waals surface area contributed by atoms with E-state index in [1.165, 1.54) is 17.4 Å². The molecular weight excluding hydrogens is 468 g/mol. The molecule has 2 aliphatic heterocycles. The van der Waals surface area contributed by atoms with E-state index in [0.717, 1.165) is 48.2 Å². The SMILES string of the molecule is CS(=O)(=O)N1CCC(C2C3=C(C=CCC=N3)C(C/C=C/c3c[nH][nH]3)=Cc3cc(Cl)ccc32)CC1. The Kier molecular flexibility index (Phi) is 6.51. The number of benzene rings is 1. The number of allylic oxidation sites excluding steroid dienone is 6. The van der Waals surface area contributed by atoms with Crippen LogP contribution in [0, 0.1) is 5.92 Å². The zero-order chi connectivity index (χ0) is 23.7. The first kappa shape index (κ1) is 23.1. The number of halogens is 1. The molecular formula is C26H29ClN4O2S. The van der Waals surface area contributed by atoms with Gasteiger partial charge in [-0.15, -0.1) is 0 Å². The van der Waals surface area contributed by atoms with E-state index in [2.05, 4.69) is 46.6 Å². The summed E-state index contributed by atoms with van der Waals surface area (Å²) in [7, 11) is -3.18. The average molecular weight is 497 g/mol. The number of nitrogens with one attached hydrogen (secondary N) is 2. The number of H-pyrrole nitrogens is 2. The predicted molar refractivity (Wildman–Crippen MR) is 139 cm³/mol. The number of aromatic nitrogens is 2. The fraction of sp³-hybridized carbons (Fsp3) is 0.346. The van der Waals surface area contributed by atoms with Crippen molar-refractivity contribution in [1.29, 1.82) is 0 Å². The molecule has 2 aromatic rings. The molecule has 3 heterocycles. The second-order valence-corrected chi connectivity index (χ2v) is 11.6. The van der Waals surface area contributed by atoms with Gasteiger partial charge in [-0.3, -0.25) is 10.1 Å². The molecule has 3 aliphatic rings. The topological polar surface area (TPSA) is 81.3 Å². The minimum Gasteiger partial charge on any atom is -0.306 e. The van der Waals surface area contributed by atoms with Crippen LogP contribution in [0.3, 0.4) is 0 Å². The van der Waals surface area contributed by atoms with Crippen LogP contribution in [0.15, 0.2) is 64.5 Å². The number of rotatable bonds is 5. The van der Waals surface area contributed by atoms with Crippen molar-refractivity contribution in [3.05, 3.63) is 81.3 Å². The third-order valence-corrected chi connectivity index (χ3v) is 8.44. The highest BCUT2D eigenvalue weighted by Gasteiger charge is 2.36. The minimum absolute atomic E-state index is 0.0842. The highest BCUT2D eigenvalue weighted by molar-refractivity contribution is 7.88. The monoisotopic (exact) mass is 496 g/mol. The van der Waals surface area contributed by atoms with E-state index in [1.807, 2.05) is 24.5 Å². The normalized spacial score (nSPS) is 21.9. The van der Waals surface area contributed by atoms with Crippen LogP contribution in [0.25, 0.3) is 12.2 Å². The van der Waals surface area contributed by atoms with Gasteiger partial charge in [0.05, 0.1) is 17.6 Å².